The van der Waals surface area contributed by atoms with Crippen LogP contribution in [0.5, 0.6) is 0 Å². The molecule has 1 heterocycles. The lowest BCUT2D eigenvalue weighted by Crippen LogP contribution is -3.09. The van der Waals surface area contributed by atoms with E-state index in [-0.39, 0.29) is 6.54 Å². The number of unbranched alkanes of at least 4 members (excludes halogenated alkanes) is 2. The van der Waals surface area contributed by atoms with Gasteiger partial charge in [-0.3, -0.25) is 0 Å². The van der Waals surface area contributed by atoms with E-state index in [0.29, 0.717) is 6.54 Å². The number of hydrogen-bond acceptors (Lipinski definition) is 3. The largest absolute Gasteiger partial charge is 0.544 e. The minimum atomic E-state index is -1.02. The van der Waals surface area contributed by atoms with Crippen molar-refractivity contribution in [3.8, 4) is 0 Å². The van der Waals surface area contributed by atoms with Crippen LogP contribution >= 0.6 is 0 Å². The highest BCUT2D eigenvalue weighted by atomic mass is 16.4. The molecule has 0 saturated heterocycles. The monoisotopic (exact) mass is 368 g/mol. The third-order valence-electron chi connectivity index (χ3n) is 4.77. The molecule has 0 radical (unpaired) electrons. The minimum Gasteiger partial charge on any atom is -0.544 e. The van der Waals surface area contributed by atoms with E-state index < -0.39 is 5.97 Å². The number of nitrogens with zero attached hydrogens (tertiary/aromatic N) is 1. The van der Waals surface area contributed by atoms with Gasteiger partial charge in [0.15, 0.2) is 0 Å². The van der Waals surface area contributed by atoms with E-state index in [1.165, 1.54) is 36.9 Å². The quantitative estimate of drug-likeness (QED) is 0.651. The smallest absolute Gasteiger partial charge is 0.122 e. The van der Waals surface area contributed by atoms with E-state index >= 15 is 0 Å². The molecule has 27 heavy (non-hydrogen) atoms. The molecule has 0 aliphatic carbocycles. The fourth-order valence-electron chi connectivity index (χ4n) is 3.10. The number of allylic oxidation sites excluding steroid dienone is 3. The van der Waals surface area contributed by atoms with E-state index in [1.54, 1.807) is 0 Å². The van der Waals surface area contributed by atoms with Gasteiger partial charge < -0.3 is 19.7 Å². The van der Waals surface area contributed by atoms with Crippen LogP contribution in [0.2, 0.25) is 0 Å². The fraction of sp³-hybridized carbons (Fsp3) is 0.435. The average Bonchev–Trinajstić information content (AvgIpc) is 2.68. The Morgan fingerprint density at radius 1 is 1.11 bits per heavy atom. The van der Waals surface area contributed by atoms with Crippen molar-refractivity contribution >= 4 is 17.7 Å². The summed E-state index contributed by atoms with van der Waals surface area (Å²) in [5.41, 5.74) is 3.57. The summed E-state index contributed by atoms with van der Waals surface area (Å²) in [5.74, 6) is -1.02. The number of nitrogens with one attached hydrogen (secondary N) is 1. The molecule has 1 atom stereocenters. The van der Waals surface area contributed by atoms with Crippen LogP contribution in [-0.2, 0) is 4.79 Å². The Bertz CT molecular complexity index is 666. The van der Waals surface area contributed by atoms with Crippen LogP contribution in [0.25, 0.3) is 6.08 Å². The van der Waals surface area contributed by atoms with Gasteiger partial charge in [0.2, 0.25) is 0 Å². The number of carboxylic acids is 1. The summed E-state index contributed by atoms with van der Waals surface area (Å²) in [7, 11) is 0. The molecule has 2 rings (SSSR count). The van der Waals surface area contributed by atoms with Crippen molar-refractivity contribution in [3.05, 3.63) is 59.8 Å². The Balaban J connectivity index is 1.94. The van der Waals surface area contributed by atoms with Gasteiger partial charge >= 0.3 is 0 Å². The average molecular weight is 369 g/mol. The van der Waals surface area contributed by atoms with Crippen LogP contribution in [-0.4, -0.2) is 32.1 Å². The van der Waals surface area contributed by atoms with E-state index in [2.05, 4.69) is 61.2 Å². The highest BCUT2D eigenvalue weighted by Crippen LogP contribution is 2.18. The Labute approximate surface area is 163 Å². The van der Waals surface area contributed by atoms with Crippen molar-refractivity contribution < 1.29 is 14.8 Å². The summed E-state index contributed by atoms with van der Waals surface area (Å²) in [6.45, 7) is 7.40. The summed E-state index contributed by atoms with van der Waals surface area (Å²) in [4.78, 5) is 14.0. The lowest BCUT2D eigenvalue weighted by Gasteiger charge is -2.24. The molecule has 0 fully saturated rings. The molecule has 0 bridgehead atoms. The lowest BCUT2D eigenvalue weighted by molar-refractivity contribution is -0.835. The Hall–Kier alpha value is -2.33. The molecule has 0 spiro atoms. The maximum absolute atomic E-state index is 10.6. The second-order valence-corrected chi connectivity index (χ2v) is 7.07. The molecule has 1 aromatic carbocycles. The van der Waals surface area contributed by atoms with Gasteiger partial charge in [-0.1, -0.05) is 51.0 Å². The van der Waals surface area contributed by atoms with E-state index in [4.69, 9.17) is 0 Å². The third-order valence-corrected chi connectivity index (χ3v) is 4.77. The first-order valence-corrected chi connectivity index (χ1v) is 10.1. The third kappa shape index (κ3) is 7.43. The van der Waals surface area contributed by atoms with Gasteiger partial charge in [0, 0.05) is 18.8 Å². The van der Waals surface area contributed by atoms with Crippen LogP contribution in [0, 0.1) is 0 Å². The van der Waals surface area contributed by atoms with E-state index in [9.17, 15) is 9.90 Å². The molecule has 0 aromatic heterocycles. The van der Waals surface area contributed by atoms with Crippen LogP contribution in [0.1, 0.15) is 45.1 Å². The highest BCUT2D eigenvalue weighted by molar-refractivity contribution is 5.65. The molecule has 1 N–H and O–H groups in total. The first kappa shape index (κ1) is 21.0. The predicted octanol–water partition coefficient (Wildman–Crippen LogP) is 2.19. The molecule has 1 aliphatic rings. The van der Waals surface area contributed by atoms with Gasteiger partial charge in [0.25, 0.3) is 0 Å². The number of aliphatic carboxylic acids is 1. The summed E-state index contributed by atoms with van der Waals surface area (Å²) in [5, 5.41) is 10.6. The molecule has 4 heteroatoms. The fourth-order valence-corrected chi connectivity index (χ4v) is 3.10. The molecule has 146 valence electrons. The van der Waals surface area contributed by atoms with Gasteiger partial charge in [-0.2, -0.15) is 0 Å². The standard InChI is InChI=1S/C23H32N2O2/c1-3-5-15-25(16-6-4-2)22-11-9-20(10-12-22)7-8-21-13-17-24(18-14-21)19-23(26)27/h7-14,17H,3-6,15-16,18-19H2,1-2H3,(H,26,27)/b8-7+. The molecular formula is C23H32N2O2. The summed E-state index contributed by atoms with van der Waals surface area (Å²) < 4.78 is 0. The zero-order valence-electron chi connectivity index (χ0n) is 16.6. The minimum absolute atomic E-state index is 0.0119. The van der Waals surface area contributed by atoms with Gasteiger partial charge in [-0.15, -0.1) is 0 Å². The van der Waals surface area contributed by atoms with Gasteiger partial charge in [-0.25, -0.2) is 0 Å². The number of quaternary nitrogens is 1. The number of carboxylic acid groups (broad SMARTS) is 1. The van der Waals surface area contributed by atoms with Crippen molar-refractivity contribution in [2.45, 2.75) is 39.5 Å². The maximum Gasteiger partial charge on any atom is 0.122 e. The van der Waals surface area contributed by atoms with Gasteiger partial charge in [0.05, 0.1) is 12.2 Å². The summed E-state index contributed by atoms with van der Waals surface area (Å²) in [6.07, 6.45) is 15.0. The first-order chi connectivity index (χ1) is 13.1. The maximum atomic E-state index is 10.6. The molecule has 4 nitrogen and oxygen atoms in total. The lowest BCUT2D eigenvalue weighted by atomic mass is 10.1. The molecule has 0 saturated carbocycles. The van der Waals surface area contributed by atoms with Crippen LogP contribution in [0.4, 0.5) is 5.69 Å². The number of anilines is 1. The van der Waals surface area contributed by atoms with Crippen molar-refractivity contribution in [2.75, 3.05) is 31.1 Å². The van der Waals surface area contributed by atoms with Crippen molar-refractivity contribution in [1.82, 2.24) is 0 Å². The number of carbonyl (C=O) groups excluding carboxylic acids is 1. The van der Waals surface area contributed by atoms with Crippen molar-refractivity contribution in [3.63, 3.8) is 0 Å². The second kappa shape index (κ2) is 11.4. The predicted molar refractivity (Wildman–Crippen MR) is 110 cm³/mol. The second-order valence-electron chi connectivity index (χ2n) is 7.07. The SMILES string of the molecule is CCCCN(CCCC)c1ccc(/C=C/C2=CC[NH+](CC(=O)[O-])C=C2)cc1. The van der Waals surface area contributed by atoms with E-state index in [1.807, 2.05) is 12.3 Å². The summed E-state index contributed by atoms with van der Waals surface area (Å²) in [6, 6.07) is 8.75. The summed E-state index contributed by atoms with van der Waals surface area (Å²) >= 11 is 0. The molecule has 1 aliphatic heterocycles. The molecule has 1 unspecified atom stereocenters. The number of benzene rings is 1. The van der Waals surface area contributed by atoms with E-state index in [0.717, 1.165) is 23.6 Å². The Kier molecular flexibility index (Phi) is 8.85. The highest BCUT2D eigenvalue weighted by Gasteiger charge is 2.08. The van der Waals surface area contributed by atoms with Crippen LogP contribution < -0.4 is 14.9 Å². The molecule has 1 aromatic rings. The first-order valence-electron chi connectivity index (χ1n) is 10.1. The zero-order chi connectivity index (χ0) is 19.5. The van der Waals surface area contributed by atoms with Gasteiger partial charge in [-0.05, 0) is 48.3 Å². The molecular weight excluding hydrogens is 336 g/mol. The van der Waals surface area contributed by atoms with Crippen molar-refractivity contribution in [1.29, 1.82) is 0 Å². The number of hydrogen-bond donors (Lipinski definition) is 1. The van der Waals surface area contributed by atoms with Crippen LogP contribution in [0.3, 0.4) is 0 Å². The zero-order valence-corrected chi connectivity index (χ0v) is 16.6. The van der Waals surface area contributed by atoms with Crippen molar-refractivity contribution in [2.24, 2.45) is 0 Å². The number of rotatable bonds is 11. The topological polar surface area (TPSA) is 47.8 Å². The molecule has 0 amide bonds. The van der Waals surface area contributed by atoms with Crippen LogP contribution in [0.15, 0.2) is 54.3 Å². The Morgan fingerprint density at radius 3 is 2.30 bits per heavy atom. The normalized spacial score (nSPS) is 16.5. The van der Waals surface area contributed by atoms with Gasteiger partial charge in [0.1, 0.15) is 13.1 Å². The number of carbonyl (C=O) groups is 1. The Morgan fingerprint density at radius 2 is 1.78 bits per heavy atom.